The molecular weight excluding hydrogens is 327 g/mol. The number of amides is 1. The molecule has 3 rings (SSSR count). The van der Waals surface area contributed by atoms with Crippen LogP contribution in [0.4, 0.5) is 23.7 Å². The molecule has 0 aliphatic carbocycles. The van der Waals surface area contributed by atoms with Gasteiger partial charge in [-0.1, -0.05) is 0 Å². The number of carbonyl (C=O) groups is 1. The van der Waals surface area contributed by atoms with Crippen LogP contribution in [0.2, 0.25) is 0 Å². The van der Waals surface area contributed by atoms with Gasteiger partial charge in [-0.25, -0.2) is 4.79 Å². The molecule has 128 valence electrons. The van der Waals surface area contributed by atoms with Crippen molar-refractivity contribution in [3.8, 4) is 5.75 Å². The summed E-state index contributed by atoms with van der Waals surface area (Å²) in [6.45, 7) is 0.732. The topological polar surface area (TPSA) is 74.7 Å². The molecule has 1 aromatic carbocycles. The fraction of sp³-hybridized carbons (Fsp3) is 0.333. The number of hydrogen-bond acceptors (Lipinski definition) is 4. The van der Waals surface area contributed by atoms with E-state index in [4.69, 9.17) is 5.11 Å². The molecule has 9 heteroatoms. The van der Waals surface area contributed by atoms with Gasteiger partial charge in [0, 0.05) is 36.4 Å². The van der Waals surface area contributed by atoms with Crippen LogP contribution in [0.3, 0.4) is 0 Å². The number of ether oxygens (including phenoxy) is 1. The van der Waals surface area contributed by atoms with Crippen molar-refractivity contribution in [2.45, 2.75) is 18.8 Å². The van der Waals surface area contributed by atoms with Gasteiger partial charge < -0.3 is 20.1 Å². The van der Waals surface area contributed by atoms with Gasteiger partial charge in [0.1, 0.15) is 5.52 Å². The molecule has 1 amide bonds. The number of carboxylic acid groups (broad SMARTS) is 1. The summed E-state index contributed by atoms with van der Waals surface area (Å²) in [6, 6.07) is 5.82. The molecule has 6 nitrogen and oxygen atoms in total. The van der Waals surface area contributed by atoms with Crippen LogP contribution in [0, 0.1) is 0 Å². The zero-order valence-corrected chi connectivity index (χ0v) is 12.4. The largest absolute Gasteiger partial charge is 0.573 e. The predicted octanol–water partition coefficient (Wildman–Crippen LogP) is 3.30. The second kappa shape index (κ2) is 6.06. The van der Waals surface area contributed by atoms with E-state index in [0.29, 0.717) is 30.6 Å². The number of alkyl halides is 3. The van der Waals surface area contributed by atoms with Crippen molar-refractivity contribution in [1.82, 2.24) is 9.88 Å². The van der Waals surface area contributed by atoms with E-state index in [1.807, 2.05) is 0 Å². The number of likely N-dealkylation sites (tertiary alicyclic amines) is 1. The van der Waals surface area contributed by atoms with Crippen LogP contribution in [0.5, 0.6) is 5.75 Å². The summed E-state index contributed by atoms with van der Waals surface area (Å²) in [5.74, 6) is -0.373. The molecule has 0 spiro atoms. The number of nitrogens with one attached hydrogen (secondary N) is 1. The lowest BCUT2D eigenvalue weighted by Gasteiger charge is -2.18. The van der Waals surface area contributed by atoms with E-state index < -0.39 is 12.5 Å². The first kappa shape index (κ1) is 16.2. The second-order valence-electron chi connectivity index (χ2n) is 5.42. The molecule has 2 heterocycles. The quantitative estimate of drug-likeness (QED) is 0.896. The van der Waals surface area contributed by atoms with Crippen LogP contribution >= 0.6 is 0 Å². The number of aromatic nitrogens is 1. The van der Waals surface area contributed by atoms with E-state index in [-0.39, 0.29) is 17.3 Å². The zero-order chi connectivity index (χ0) is 17.3. The van der Waals surface area contributed by atoms with Gasteiger partial charge in [-0.3, -0.25) is 4.98 Å². The summed E-state index contributed by atoms with van der Waals surface area (Å²) in [6.07, 6.45) is -3.78. The molecule has 1 saturated heterocycles. The Labute approximate surface area is 134 Å². The predicted molar refractivity (Wildman–Crippen MR) is 80.1 cm³/mol. The molecule has 1 fully saturated rings. The molecular formula is C15H14F3N3O3. The fourth-order valence-electron chi connectivity index (χ4n) is 2.75. The third kappa shape index (κ3) is 3.44. The Morgan fingerprint density at radius 1 is 1.38 bits per heavy atom. The van der Waals surface area contributed by atoms with E-state index in [2.05, 4.69) is 15.0 Å². The summed E-state index contributed by atoms with van der Waals surface area (Å²) in [7, 11) is 0. The number of nitrogens with zero attached hydrogens (tertiary/aromatic N) is 2. The molecule has 1 aliphatic rings. The van der Waals surface area contributed by atoms with Crippen LogP contribution in [0.1, 0.15) is 6.42 Å². The lowest BCUT2D eigenvalue weighted by Crippen LogP contribution is -2.30. The first-order valence-corrected chi connectivity index (χ1v) is 7.21. The Morgan fingerprint density at radius 2 is 2.17 bits per heavy atom. The summed E-state index contributed by atoms with van der Waals surface area (Å²) < 4.78 is 41.5. The normalized spacial score (nSPS) is 18.0. The molecule has 0 saturated carbocycles. The number of rotatable bonds is 3. The number of anilines is 1. The zero-order valence-electron chi connectivity index (χ0n) is 12.4. The van der Waals surface area contributed by atoms with E-state index in [1.54, 1.807) is 12.1 Å². The van der Waals surface area contributed by atoms with E-state index in [0.717, 1.165) is 0 Å². The Hall–Kier alpha value is -2.71. The first-order chi connectivity index (χ1) is 11.3. The minimum Gasteiger partial charge on any atom is -0.465 e. The van der Waals surface area contributed by atoms with Gasteiger partial charge in [0.15, 0.2) is 5.75 Å². The molecule has 1 aliphatic heterocycles. The fourth-order valence-corrected chi connectivity index (χ4v) is 2.75. The van der Waals surface area contributed by atoms with Crippen molar-refractivity contribution in [2.24, 2.45) is 0 Å². The van der Waals surface area contributed by atoms with Crippen LogP contribution in [-0.4, -0.2) is 46.6 Å². The van der Waals surface area contributed by atoms with Crippen molar-refractivity contribution < 1.29 is 27.8 Å². The SMILES string of the molecule is O=C(O)N1CC[C@@H](Nc2ccc(OC(F)(F)F)c3ncccc23)C1. The number of benzene rings is 1. The highest BCUT2D eigenvalue weighted by Crippen LogP contribution is 2.34. The van der Waals surface area contributed by atoms with Gasteiger partial charge >= 0.3 is 12.5 Å². The first-order valence-electron chi connectivity index (χ1n) is 7.21. The van der Waals surface area contributed by atoms with Crippen LogP contribution < -0.4 is 10.1 Å². The molecule has 24 heavy (non-hydrogen) atoms. The van der Waals surface area contributed by atoms with E-state index in [1.165, 1.54) is 23.2 Å². The molecule has 0 unspecified atom stereocenters. The monoisotopic (exact) mass is 341 g/mol. The standard InChI is InChI=1S/C15H14F3N3O3/c16-15(17,18)24-12-4-3-11(10-2-1-6-19-13(10)12)20-9-5-7-21(8-9)14(22)23/h1-4,6,9,20H,5,7-8H2,(H,22,23)/t9-/m1/s1. The Kier molecular flexibility index (Phi) is 4.08. The van der Waals surface area contributed by atoms with E-state index >= 15 is 0 Å². The van der Waals surface area contributed by atoms with Gasteiger partial charge in [-0.2, -0.15) is 0 Å². The van der Waals surface area contributed by atoms with Crippen molar-refractivity contribution in [2.75, 3.05) is 18.4 Å². The minimum absolute atomic E-state index is 0.0907. The van der Waals surface area contributed by atoms with E-state index in [9.17, 15) is 18.0 Å². The highest BCUT2D eigenvalue weighted by molar-refractivity contribution is 5.95. The number of fused-ring (bicyclic) bond motifs is 1. The summed E-state index contributed by atoms with van der Waals surface area (Å²) in [4.78, 5) is 16.2. The Morgan fingerprint density at radius 3 is 2.83 bits per heavy atom. The maximum absolute atomic E-state index is 12.5. The number of pyridine rings is 1. The summed E-state index contributed by atoms with van der Waals surface area (Å²) in [5.41, 5.74) is 0.678. The van der Waals surface area contributed by atoms with Crippen molar-refractivity contribution in [3.05, 3.63) is 30.5 Å². The van der Waals surface area contributed by atoms with Gasteiger partial charge in [-0.15, -0.1) is 13.2 Å². The molecule has 0 bridgehead atoms. The smallest absolute Gasteiger partial charge is 0.465 e. The number of hydrogen-bond donors (Lipinski definition) is 2. The van der Waals surface area contributed by atoms with Crippen LogP contribution in [0.25, 0.3) is 10.9 Å². The third-order valence-corrected chi connectivity index (χ3v) is 3.78. The Balaban J connectivity index is 1.87. The van der Waals surface area contributed by atoms with Crippen molar-refractivity contribution in [1.29, 1.82) is 0 Å². The average molecular weight is 341 g/mol. The average Bonchev–Trinajstić information content (AvgIpc) is 2.97. The van der Waals surface area contributed by atoms with Gasteiger partial charge in [0.2, 0.25) is 0 Å². The van der Waals surface area contributed by atoms with Crippen LogP contribution in [-0.2, 0) is 0 Å². The Bertz CT molecular complexity index is 766. The summed E-state index contributed by atoms with van der Waals surface area (Å²) in [5, 5.41) is 12.6. The number of halogens is 3. The highest BCUT2D eigenvalue weighted by atomic mass is 19.4. The van der Waals surface area contributed by atoms with Gasteiger partial charge in [-0.05, 0) is 30.7 Å². The summed E-state index contributed by atoms with van der Waals surface area (Å²) >= 11 is 0. The van der Waals surface area contributed by atoms with Crippen molar-refractivity contribution in [3.63, 3.8) is 0 Å². The van der Waals surface area contributed by atoms with Gasteiger partial charge in [0.25, 0.3) is 0 Å². The molecule has 2 aromatic rings. The molecule has 1 aromatic heterocycles. The lowest BCUT2D eigenvalue weighted by atomic mass is 10.1. The lowest BCUT2D eigenvalue weighted by molar-refractivity contribution is -0.274. The highest BCUT2D eigenvalue weighted by Gasteiger charge is 2.32. The maximum atomic E-state index is 12.5. The van der Waals surface area contributed by atoms with Crippen LogP contribution in [0.15, 0.2) is 30.5 Å². The van der Waals surface area contributed by atoms with Crippen molar-refractivity contribution >= 4 is 22.7 Å². The molecule has 1 atom stereocenters. The van der Waals surface area contributed by atoms with Gasteiger partial charge in [0.05, 0.1) is 0 Å². The third-order valence-electron chi connectivity index (χ3n) is 3.78. The molecule has 2 N–H and O–H groups in total. The second-order valence-corrected chi connectivity index (χ2v) is 5.42. The molecule has 0 radical (unpaired) electrons. The minimum atomic E-state index is -4.80. The maximum Gasteiger partial charge on any atom is 0.573 e.